The van der Waals surface area contributed by atoms with Gasteiger partial charge in [-0.15, -0.1) is 0 Å². The molecule has 0 aromatic heterocycles. The molecule has 3 aromatic rings. The average molecular weight is 523 g/mol. The lowest BCUT2D eigenvalue weighted by atomic mass is 9.89. The Morgan fingerprint density at radius 1 is 0.795 bits per heavy atom. The first-order valence-electron chi connectivity index (χ1n) is 14.0. The van der Waals surface area contributed by atoms with E-state index in [0.29, 0.717) is 43.2 Å². The number of benzene rings is 3. The summed E-state index contributed by atoms with van der Waals surface area (Å²) in [6, 6.07) is 24.4. The van der Waals surface area contributed by atoms with Gasteiger partial charge in [0.15, 0.2) is 5.78 Å². The van der Waals surface area contributed by atoms with Gasteiger partial charge in [-0.3, -0.25) is 19.3 Å². The average Bonchev–Trinajstić information content (AvgIpc) is 3.30. The molecule has 39 heavy (non-hydrogen) atoms. The molecule has 0 spiro atoms. The SMILES string of the molecule is O=C1CCC(N2Cc3c(OCc4ccc(CN5CCC(c6ccccc6)CC5)cc4)cccc3C2=O)C(=O)C1. The van der Waals surface area contributed by atoms with Gasteiger partial charge in [-0.2, -0.15) is 0 Å². The first-order chi connectivity index (χ1) is 19.0. The first kappa shape index (κ1) is 25.5. The summed E-state index contributed by atoms with van der Waals surface area (Å²) in [5.74, 6) is 0.989. The molecular formula is C33H34N2O4. The zero-order chi connectivity index (χ0) is 26.8. The number of carbonyl (C=O) groups excluding carboxylic acids is 3. The topological polar surface area (TPSA) is 66.9 Å². The van der Waals surface area contributed by atoms with Gasteiger partial charge in [-0.1, -0.05) is 60.7 Å². The zero-order valence-corrected chi connectivity index (χ0v) is 22.2. The Kier molecular flexibility index (Phi) is 7.29. The monoisotopic (exact) mass is 522 g/mol. The van der Waals surface area contributed by atoms with Crippen molar-refractivity contribution in [1.82, 2.24) is 9.80 Å². The minimum Gasteiger partial charge on any atom is -0.489 e. The second-order valence-corrected chi connectivity index (χ2v) is 11.0. The summed E-state index contributed by atoms with van der Waals surface area (Å²) >= 11 is 0. The normalized spacial score (nSPS) is 20.4. The van der Waals surface area contributed by atoms with Gasteiger partial charge >= 0.3 is 0 Å². The van der Waals surface area contributed by atoms with Gasteiger partial charge in [0.2, 0.25) is 0 Å². The standard InChI is InChI=1S/C33H34N2O4/c36-27-13-14-30(31(37)19-27)35-21-29-28(33(35)38)7-4-8-32(29)39-22-24-11-9-23(10-12-24)20-34-17-15-26(16-18-34)25-5-2-1-3-6-25/h1-12,26,30H,13-22H2. The number of ether oxygens (including phenoxy) is 1. The van der Waals surface area contributed by atoms with Crippen molar-refractivity contribution < 1.29 is 19.1 Å². The highest BCUT2D eigenvalue weighted by Gasteiger charge is 2.40. The molecule has 2 aliphatic heterocycles. The van der Waals surface area contributed by atoms with Gasteiger partial charge in [0.1, 0.15) is 18.1 Å². The Labute approximate surface area is 229 Å². The minimum atomic E-state index is -0.521. The van der Waals surface area contributed by atoms with Crippen LogP contribution >= 0.6 is 0 Å². The molecule has 0 radical (unpaired) electrons. The Balaban J connectivity index is 1.03. The number of fused-ring (bicyclic) bond motifs is 1. The number of ketones is 2. The summed E-state index contributed by atoms with van der Waals surface area (Å²) in [6.07, 6.45) is 3.08. The van der Waals surface area contributed by atoms with Crippen molar-refractivity contribution in [2.24, 2.45) is 0 Å². The van der Waals surface area contributed by atoms with E-state index in [9.17, 15) is 14.4 Å². The molecular weight excluding hydrogens is 488 g/mol. The van der Waals surface area contributed by atoms with Gasteiger partial charge in [0.05, 0.1) is 19.0 Å². The van der Waals surface area contributed by atoms with Crippen LogP contribution in [0.25, 0.3) is 0 Å². The third-order valence-corrected chi connectivity index (χ3v) is 8.45. The van der Waals surface area contributed by atoms with Crippen LogP contribution in [0, 0.1) is 0 Å². The molecule has 2 heterocycles. The summed E-state index contributed by atoms with van der Waals surface area (Å²) in [4.78, 5) is 41.3. The Bertz CT molecular complexity index is 1360. The third-order valence-electron chi connectivity index (χ3n) is 8.45. The molecule has 0 N–H and O–H groups in total. The Morgan fingerprint density at radius 2 is 1.54 bits per heavy atom. The van der Waals surface area contributed by atoms with Crippen LogP contribution in [-0.2, 0) is 29.3 Å². The molecule has 1 amide bonds. The highest BCUT2D eigenvalue weighted by molar-refractivity contribution is 6.07. The molecule has 200 valence electrons. The van der Waals surface area contributed by atoms with E-state index in [-0.39, 0.29) is 23.9 Å². The number of likely N-dealkylation sites (tertiary alicyclic amines) is 1. The van der Waals surface area contributed by atoms with Crippen molar-refractivity contribution in [3.8, 4) is 5.75 Å². The molecule has 6 rings (SSSR count). The summed E-state index contributed by atoms with van der Waals surface area (Å²) in [5.41, 5.74) is 5.24. The lowest BCUT2D eigenvalue weighted by molar-refractivity contribution is -0.133. The van der Waals surface area contributed by atoms with Crippen LogP contribution < -0.4 is 4.74 Å². The Hall–Kier alpha value is -3.77. The van der Waals surface area contributed by atoms with E-state index < -0.39 is 6.04 Å². The maximum atomic E-state index is 13.1. The van der Waals surface area contributed by atoms with E-state index in [0.717, 1.165) is 30.8 Å². The van der Waals surface area contributed by atoms with E-state index in [2.05, 4.69) is 59.5 Å². The highest BCUT2D eigenvalue weighted by Crippen LogP contribution is 2.35. The van der Waals surface area contributed by atoms with Crippen LogP contribution in [-0.4, -0.2) is 46.4 Å². The smallest absolute Gasteiger partial charge is 0.255 e. The molecule has 3 aliphatic rings. The quantitative estimate of drug-likeness (QED) is 0.395. The van der Waals surface area contributed by atoms with Crippen molar-refractivity contribution in [1.29, 1.82) is 0 Å². The molecule has 1 aliphatic carbocycles. The number of Topliss-reactive ketones (excluding diaryl/α,β-unsaturated/α-hetero) is 2. The highest BCUT2D eigenvalue weighted by atomic mass is 16.5. The molecule has 1 unspecified atom stereocenters. The van der Waals surface area contributed by atoms with Crippen molar-refractivity contribution in [2.45, 2.75) is 63.8 Å². The predicted octanol–water partition coefficient (Wildman–Crippen LogP) is 5.29. The molecule has 0 bridgehead atoms. The maximum Gasteiger partial charge on any atom is 0.255 e. The molecule has 1 saturated carbocycles. The lowest BCUT2D eigenvalue weighted by Gasteiger charge is -2.32. The van der Waals surface area contributed by atoms with Gasteiger partial charge in [-0.25, -0.2) is 0 Å². The second kappa shape index (κ2) is 11.1. The lowest BCUT2D eigenvalue weighted by Crippen LogP contribution is -2.44. The van der Waals surface area contributed by atoms with Gasteiger partial charge in [0, 0.05) is 24.1 Å². The molecule has 1 saturated heterocycles. The number of piperidine rings is 1. The zero-order valence-electron chi connectivity index (χ0n) is 22.2. The number of hydrogen-bond acceptors (Lipinski definition) is 5. The fourth-order valence-electron chi connectivity index (χ4n) is 6.21. The number of carbonyl (C=O) groups is 3. The van der Waals surface area contributed by atoms with Crippen LogP contribution in [0.15, 0.2) is 72.8 Å². The number of nitrogens with zero attached hydrogens (tertiary/aromatic N) is 2. The molecule has 6 nitrogen and oxygen atoms in total. The second-order valence-electron chi connectivity index (χ2n) is 11.0. The van der Waals surface area contributed by atoms with Crippen molar-refractivity contribution >= 4 is 17.5 Å². The summed E-state index contributed by atoms with van der Waals surface area (Å²) in [6.45, 7) is 3.93. The third kappa shape index (κ3) is 5.52. The summed E-state index contributed by atoms with van der Waals surface area (Å²) in [7, 11) is 0. The van der Waals surface area contributed by atoms with Crippen LogP contribution in [0.5, 0.6) is 5.75 Å². The van der Waals surface area contributed by atoms with E-state index in [1.807, 2.05) is 12.1 Å². The summed E-state index contributed by atoms with van der Waals surface area (Å²) in [5, 5.41) is 0. The number of hydrogen-bond donors (Lipinski definition) is 0. The van der Waals surface area contributed by atoms with Crippen molar-refractivity contribution in [2.75, 3.05) is 13.1 Å². The maximum absolute atomic E-state index is 13.1. The Morgan fingerprint density at radius 3 is 2.28 bits per heavy atom. The van der Waals surface area contributed by atoms with Gasteiger partial charge in [0.25, 0.3) is 5.91 Å². The predicted molar refractivity (Wildman–Crippen MR) is 148 cm³/mol. The molecule has 1 atom stereocenters. The molecule has 6 heteroatoms. The van der Waals surface area contributed by atoms with Crippen LogP contribution in [0.1, 0.15) is 70.6 Å². The fraction of sp³-hybridized carbons (Fsp3) is 0.364. The van der Waals surface area contributed by atoms with E-state index in [1.165, 1.54) is 24.0 Å². The van der Waals surface area contributed by atoms with Crippen LogP contribution in [0.3, 0.4) is 0 Å². The first-order valence-corrected chi connectivity index (χ1v) is 14.0. The van der Waals surface area contributed by atoms with Gasteiger partial charge in [-0.05, 0) is 67.1 Å². The van der Waals surface area contributed by atoms with E-state index >= 15 is 0 Å². The minimum absolute atomic E-state index is 0.0388. The number of rotatable bonds is 7. The van der Waals surface area contributed by atoms with Crippen LogP contribution in [0.2, 0.25) is 0 Å². The molecule has 2 fully saturated rings. The fourth-order valence-corrected chi connectivity index (χ4v) is 6.21. The number of amides is 1. The van der Waals surface area contributed by atoms with Gasteiger partial charge < -0.3 is 9.64 Å². The summed E-state index contributed by atoms with van der Waals surface area (Å²) < 4.78 is 6.18. The largest absolute Gasteiger partial charge is 0.489 e. The van der Waals surface area contributed by atoms with E-state index in [1.54, 1.807) is 11.0 Å². The van der Waals surface area contributed by atoms with Crippen molar-refractivity contribution in [3.63, 3.8) is 0 Å². The van der Waals surface area contributed by atoms with Crippen molar-refractivity contribution in [3.05, 3.63) is 101 Å². The molecule has 3 aromatic carbocycles. The van der Waals surface area contributed by atoms with E-state index in [4.69, 9.17) is 4.74 Å². The van der Waals surface area contributed by atoms with Crippen LogP contribution in [0.4, 0.5) is 0 Å².